The number of fused-ring (bicyclic) bond motifs is 3. The predicted octanol–water partition coefficient (Wildman–Crippen LogP) is 3.91. The molecule has 36 heavy (non-hydrogen) atoms. The molecule has 1 fully saturated rings. The minimum absolute atomic E-state index is 0.0138. The number of carbonyl (C=O) groups is 2. The maximum absolute atomic E-state index is 13.0. The number of nitrogens with one attached hydrogen (secondary N) is 1. The smallest absolute Gasteiger partial charge is 0.289 e. The zero-order valence-corrected chi connectivity index (χ0v) is 22.7. The van der Waals surface area contributed by atoms with Gasteiger partial charge >= 0.3 is 0 Å². The summed E-state index contributed by atoms with van der Waals surface area (Å²) in [7, 11) is 0. The van der Waals surface area contributed by atoms with Gasteiger partial charge in [0.05, 0.1) is 5.69 Å². The number of carbonyl (C=O) groups excluding carboxylic acids is 2. The number of hydrogen-bond acceptors (Lipinski definition) is 5. The average Bonchev–Trinajstić information content (AvgIpc) is 3.54. The monoisotopic (exact) mass is 497 g/mol. The number of likely N-dealkylation sites (tertiary alicyclic amines) is 1. The number of amides is 2. The quantitative estimate of drug-likeness (QED) is 0.476. The Morgan fingerprint density at radius 3 is 2.47 bits per heavy atom. The van der Waals surface area contributed by atoms with Crippen molar-refractivity contribution in [3.8, 4) is 11.3 Å². The average molecular weight is 498 g/mol. The van der Waals surface area contributed by atoms with Gasteiger partial charge in [-0.15, -0.1) is 0 Å². The summed E-state index contributed by atoms with van der Waals surface area (Å²) in [6.45, 7) is 16.6. The molecule has 2 aromatic heterocycles. The molecule has 1 saturated heterocycles. The Hall–Kier alpha value is -2.61. The molecule has 0 aromatic carbocycles. The lowest BCUT2D eigenvalue weighted by Crippen LogP contribution is -2.35. The maximum Gasteiger partial charge on any atom is 0.289 e. The Labute approximate surface area is 215 Å². The van der Waals surface area contributed by atoms with Crippen LogP contribution in [0.1, 0.15) is 74.4 Å². The van der Waals surface area contributed by atoms with Gasteiger partial charge in [0.25, 0.3) is 5.91 Å². The van der Waals surface area contributed by atoms with E-state index in [9.17, 15) is 9.59 Å². The van der Waals surface area contributed by atoms with Gasteiger partial charge in [-0.2, -0.15) is 5.10 Å². The van der Waals surface area contributed by atoms with Crippen LogP contribution < -0.4 is 5.32 Å². The van der Waals surface area contributed by atoms with Gasteiger partial charge in [-0.1, -0.05) is 27.7 Å². The summed E-state index contributed by atoms with van der Waals surface area (Å²) in [5.74, 6) is 2.52. The van der Waals surface area contributed by atoms with Crippen molar-refractivity contribution in [1.82, 2.24) is 24.9 Å². The van der Waals surface area contributed by atoms with Gasteiger partial charge in [0.1, 0.15) is 12.3 Å². The molecule has 3 heterocycles. The molecule has 0 atom stereocenters. The SMILES string of the molecule is Cc1c(C(=O)N2CCCC2)oc2c1-c1nn(CC(=O)NCCCN(CC(C)C)CC(C)C)cc1CC2. The molecule has 2 amide bonds. The zero-order valence-electron chi connectivity index (χ0n) is 22.7. The van der Waals surface area contributed by atoms with Gasteiger partial charge in [0, 0.05) is 56.5 Å². The van der Waals surface area contributed by atoms with E-state index in [2.05, 4.69) is 37.9 Å². The molecule has 198 valence electrons. The van der Waals surface area contributed by atoms with Gasteiger partial charge in [0.2, 0.25) is 5.91 Å². The first-order valence-electron chi connectivity index (χ1n) is 13.7. The summed E-state index contributed by atoms with van der Waals surface area (Å²) in [5, 5.41) is 7.81. The molecule has 0 saturated carbocycles. The van der Waals surface area contributed by atoms with Gasteiger partial charge < -0.3 is 19.5 Å². The Bertz CT molecular complexity index is 1050. The summed E-state index contributed by atoms with van der Waals surface area (Å²) in [5.41, 5.74) is 3.76. The van der Waals surface area contributed by atoms with E-state index in [1.165, 1.54) is 0 Å². The van der Waals surface area contributed by atoms with Crippen molar-refractivity contribution in [1.29, 1.82) is 0 Å². The molecular weight excluding hydrogens is 454 g/mol. The van der Waals surface area contributed by atoms with Crippen LogP contribution in [0.5, 0.6) is 0 Å². The van der Waals surface area contributed by atoms with Gasteiger partial charge in [-0.25, -0.2) is 0 Å². The Morgan fingerprint density at radius 1 is 1.11 bits per heavy atom. The number of hydrogen-bond donors (Lipinski definition) is 1. The Kier molecular flexibility index (Phi) is 8.54. The molecule has 0 bridgehead atoms. The lowest BCUT2D eigenvalue weighted by atomic mass is 9.93. The van der Waals surface area contributed by atoms with Gasteiger partial charge in [0.15, 0.2) is 5.76 Å². The number of nitrogens with zero attached hydrogens (tertiary/aromatic N) is 4. The first kappa shape index (κ1) is 26.5. The van der Waals surface area contributed by atoms with Crippen LogP contribution in [0.3, 0.4) is 0 Å². The third-order valence-corrected chi connectivity index (χ3v) is 7.03. The fourth-order valence-electron chi connectivity index (χ4n) is 5.54. The summed E-state index contributed by atoms with van der Waals surface area (Å²) < 4.78 is 7.80. The molecule has 2 aromatic rings. The Morgan fingerprint density at radius 2 is 1.81 bits per heavy atom. The highest BCUT2D eigenvalue weighted by atomic mass is 16.4. The fraction of sp³-hybridized carbons (Fsp3) is 0.679. The van der Waals surface area contributed by atoms with E-state index >= 15 is 0 Å². The van der Waals surface area contributed by atoms with Crippen molar-refractivity contribution in [2.45, 2.75) is 73.3 Å². The first-order valence-corrected chi connectivity index (χ1v) is 13.7. The zero-order chi connectivity index (χ0) is 25.8. The van der Waals surface area contributed by atoms with Crippen LogP contribution in [0.25, 0.3) is 11.3 Å². The van der Waals surface area contributed by atoms with Crippen LogP contribution in [-0.4, -0.2) is 70.7 Å². The van der Waals surface area contributed by atoms with E-state index < -0.39 is 0 Å². The van der Waals surface area contributed by atoms with Crippen molar-refractivity contribution in [2.24, 2.45) is 11.8 Å². The molecule has 2 aliphatic rings. The molecule has 1 aliphatic heterocycles. The lowest BCUT2D eigenvalue weighted by molar-refractivity contribution is -0.121. The topological polar surface area (TPSA) is 83.6 Å². The molecule has 0 unspecified atom stereocenters. The summed E-state index contributed by atoms with van der Waals surface area (Å²) >= 11 is 0. The highest BCUT2D eigenvalue weighted by molar-refractivity contribution is 5.95. The van der Waals surface area contributed by atoms with E-state index in [1.54, 1.807) is 4.68 Å². The van der Waals surface area contributed by atoms with Crippen LogP contribution in [0, 0.1) is 18.8 Å². The molecule has 0 radical (unpaired) electrons. The number of rotatable bonds is 11. The van der Waals surface area contributed by atoms with Gasteiger partial charge in [-0.05, 0) is 56.6 Å². The van der Waals surface area contributed by atoms with Crippen molar-refractivity contribution < 1.29 is 14.0 Å². The van der Waals surface area contributed by atoms with Crippen molar-refractivity contribution in [2.75, 3.05) is 39.3 Å². The van der Waals surface area contributed by atoms with Crippen molar-refractivity contribution in [3.63, 3.8) is 0 Å². The summed E-state index contributed by atoms with van der Waals surface area (Å²) in [6, 6.07) is 0. The van der Waals surface area contributed by atoms with E-state index in [0.717, 1.165) is 93.0 Å². The molecule has 8 nitrogen and oxygen atoms in total. The largest absolute Gasteiger partial charge is 0.455 e. The van der Waals surface area contributed by atoms with Crippen molar-refractivity contribution >= 4 is 11.8 Å². The van der Waals surface area contributed by atoms with Crippen LogP contribution in [0.15, 0.2) is 10.6 Å². The second-order valence-corrected chi connectivity index (χ2v) is 11.3. The van der Waals surface area contributed by atoms with E-state index in [4.69, 9.17) is 9.52 Å². The molecule has 1 aliphatic carbocycles. The van der Waals surface area contributed by atoms with Gasteiger partial charge in [-0.3, -0.25) is 14.3 Å². The van der Waals surface area contributed by atoms with E-state index in [0.29, 0.717) is 24.1 Å². The van der Waals surface area contributed by atoms with E-state index in [1.807, 2.05) is 18.0 Å². The third-order valence-electron chi connectivity index (χ3n) is 7.03. The molecular formula is C28H43N5O3. The standard InChI is InChI=1S/C28H43N5O3/c1-19(2)15-31(16-20(3)4)12-8-11-29-24(34)18-33-17-22-9-10-23-25(26(22)30-33)21(5)27(36-23)28(35)32-13-6-7-14-32/h17,19-20H,6-16,18H2,1-5H3,(H,29,34). The minimum Gasteiger partial charge on any atom is -0.455 e. The molecule has 8 heteroatoms. The summed E-state index contributed by atoms with van der Waals surface area (Å²) in [6.07, 6.45) is 6.56. The first-order chi connectivity index (χ1) is 17.2. The molecule has 1 N–H and O–H groups in total. The number of furan rings is 1. The van der Waals surface area contributed by atoms with Crippen LogP contribution in [0.4, 0.5) is 0 Å². The number of aryl methyl sites for hydroxylation is 2. The van der Waals surface area contributed by atoms with E-state index in [-0.39, 0.29) is 18.4 Å². The van der Waals surface area contributed by atoms with Crippen LogP contribution in [0.2, 0.25) is 0 Å². The highest BCUT2D eigenvalue weighted by Gasteiger charge is 2.32. The fourth-order valence-corrected chi connectivity index (χ4v) is 5.54. The summed E-state index contributed by atoms with van der Waals surface area (Å²) in [4.78, 5) is 30.0. The highest BCUT2D eigenvalue weighted by Crippen LogP contribution is 2.38. The third kappa shape index (κ3) is 6.20. The molecule has 0 spiro atoms. The number of aromatic nitrogens is 2. The Balaban J connectivity index is 1.34. The van der Waals surface area contributed by atoms with Crippen LogP contribution >= 0.6 is 0 Å². The second-order valence-electron chi connectivity index (χ2n) is 11.3. The predicted molar refractivity (Wildman–Crippen MR) is 141 cm³/mol. The maximum atomic E-state index is 13.0. The normalized spacial score (nSPS) is 15.2. The van der Waals surface area contributed by atoms with Crippen LogP contribution in [-0.2, 0) is 24.2 Å². The second kappa shape index (κ2) is 11.6. The minimum atomic E-state index is -0.0249. The lowest BCUT2D eigenvalue weighted by Gasteiger charge is -2.26. The molecule has 4 rings (SSSR count). The van der Waals surface area contributed by atoms with Crippen molar-refractivity contribution in [3.05, 3.63) is 28.8 Å².